The van der Waals surface area contributed by atoms with Gasteiger partial charge in [0.1, 0.15) is 0 Å². The van der Waals surface area contributed by atoms with E-state index in [1.807, 2.05) is 54.6 Å². The number of H-pyrrole nitrogens is 1. The number of amides is 1. The number of alkyl halides is 3. The summed E-state index contributed by atoms with van der Waals surface area (Å²) in [6.45, 7) is 0. The van der Waals surface area contributed by atoms with Crippen molar-refractivity contribution in [3.63, 3.8) is 0 Å². The molecule has 2 N–H and O–H groups in total. The molecule has 5 rings (SSSR count). The molecule has 4 aromatic rings. The van der Waals surface area contributed by atoms with E-state index in [1.165, 1.54) is 11.8 Å². The molecular weight excluding hydrogens is 435 g/mol. The van der Waals surface area contributed by atoms with E-state index in [-0.39, 0.29) is 22.2 Å². The van der Waals surface area contributed by atoms with E-state index in [9.17, 15) is 18.0 Å². The number of benzene rings is 3. The van der Waals surface area contributed by atoms with Gasteiger partial charge in [0.2, 0.25) is 11.7 Å². The van der Waals surface area contributed by atoms with Crippen molar-refractivity contribution < 1.29 is 18.0 Å². The number of imidazole rings is 1. The molecule has 2 heterocycles. The minimum absolute atomic E-state index is 0.110. The van der Waals surface area contributed by atoms with E-state index >= 15 is 0 Å². The van der Waals surface area contributed by atoms with E-state index in [2.05, 4.69) is 15.3 Å². The topological polar surface area (TPSA) is 57.8 Å². The molecule has 1 aliphatic heterocycles. The van der Waals surface area contributed by atoms with Gasteiger partial charge in [0.25, 0.3) is 0 Å². The summed E-state index contributed by atoms with van der Waals surface area (Å²) in [5.41, 5.74) is 3.16. The number of halogens is 3. The monoisotopic (exact) mass is 453 g/mol. The SMILES string of the molecule is O=C(N[C@H](c1ccccc1)c1ccc2nc(C(F)(F)F)[nH]c2c1)[C@@H]1Cc2ccccc2S1. The lowest BCUT2D eigenvalue weighted by Gasteiger charge is -2.22. The van der Waals surface area contributed by atoms with Crippen LogP contribution in [0.3, 0.4) is 0 Å². The minimum Gasteiger partial charge on any atom is -0.344 e. The number of fused-ring (bicyclic) bond motifs is 2. The quantitative estimate of drug-likeness (QED) is 0.429. The average molecular weight is 453 g/mol. The summed E-state index contributed by atoms with van der Waals surface area (Å²) in [4.78, 5) is 20.3. The highest BCUT2D eigenvalue weighted by Gasteiger charge is 2.35. The summed E-state index contributed by atoms with van der Waals surface area (Å²) in [6.07, 6.45) is -3.91. The second-order valence-corrected chi connectivity index (χ2v) is 8.87. The van der Waals surface area contributed by atoms with Crippen molar-refractivity contribution in [2.75, 3.05) is 0 Å². The Morgan fingerprint density at radius 1 is 1.03 bits per heavy atom. The molecule has 1 aromatic heterocycles. The first-order valence-electron chi connectivity index (χ1n) is 10.1. The minimum atomic E-state index is -4.55. The van der Waals surface area contributed by atoms with Gasteiger partial charge in [-0.15, -0.1) is 11.8 Å². The normalized spacial score (nSPS) is 16.7. The van der Waals surface area contributed by atoms with Crippen LogP contribution in [0.4, 0.5) is 13.2 Å². The summed E-state index contributed by atoms with van der Waals surface area (Å²) in [6, 6.07) is 21.7. The molecule has 0 saturated carbocycles. The third kappa shape index (κ3) is 3.98. The maximum absolute atomic E-state index is 13.2. The van der Waals surface area contributed by atoms with Crippen LogP contribution in [0.1, 0.15) is 28.6 Å². The molecule has 2 atom stereocenters. The standard InChI is InChI=1S/C24H18F3N3OS/c25-24(26,27)23-28-17-11-10-16(12-18(17)29-23)21(14-6-2-1-3-7-14)30-22(31)20-13-15-8-4-5-9-19(15)32-20/h1-12,20-21H,13H2,(H,28,29)(H,30,31)/t20-,21+/m0/s1. The van der Waals surface area contributed by atoms with Gasteiger partial charge in [-0.1, -0.05) is 54.6 Å². The van der Waals surface area contributed by atoms with E-state index in [0.717, 1.165) is 16.0 Å². The van der Waals surface area contributed by atoms with Gasteiger partial charge in [-0.3, -0.25) is 4.79 Å². The first-order chi connectivity index (χ1) is 15.4. The van der Waals surface area contributed by atoms with Gasteiger partial charge < -0.3 is 10.3 Å². The fraction of sp³-hybridized carbons (Fsp3) is 0.167. The molecule has 0 saturated heterocycles. The highest BCUT2D eigenvalue weighted by atomic mass is 32.2. The average Bonchev–Trinajstić information content (AvgIpc) is 3.41. The molecule has 1 amide bonds. The van der Waals surface area contributed by atoms with Gasteiger partial charge in [0, 0.05) is 4.90 Å². The van der Waals surface area contributed by atoms with Crippen LogP contribution in [0.2, 0.25) is 0 Å². The van der Waals surface area contributed by atoms with Crippen molar-refractivity contribution in [3.8, 4) is 0 Å². The van der Waals surface area contributed by atoms with Crippen molar-refractivity contribution in [1.29, 1.82) is 0 Å². The Balaban J connectivity index is 1.46. The van der Waals surface area contributed by atoms with Crippen molar-refractivity contribution in [1.82, 2.24) is 15.3 Å². The van der Waals surface area contributed by atoms with Crippen LogP contribution < -0.4 is 5.32 Å². The van der Waals surface area contributed by atoms with E-state index in [4.69, 9.17) is 0 Å². The molecule has 32 heavy (non-hydrogen) atoms. The summed E-state index contributed by atoms with van der Waals surface area (Å²) in [5, 5.41) is 2.85. The molecule has 8 heteroatoms. The lowest BCUT2D eigenvalue weighted by atomic mass is 9.97. The van der Waals surface area contributed by atoms with Crippen molar-refractivity contribution in [2.24, 2.45) is 0 Å². The Labute approximate surface area is 186 Å². The smallest absolute Gasteiger partial charge is 0.344 e. The number of aromatic amines is 1. The zero-order valence-corrected chi connectivity index (χ0v) is 17.5. The number of hydrogen-bond donors (Lipinski definition) is 2. The largest absolute Gasteiger partial charge is 0.449 e. The molecule has 0 spiro atoms. The van der Waals surface area contributed by atoms with Gasteiger partial charge in [-0.25, -0.2) is 4.98 Å². The Bertz CT molecular complexity index is 1260. The predicted octanol–water partition coefficient (Wildman–Crippen LogP) is 5.50. The van der Waals surface area contributed by atoms with Crippen molar-refractivity contribution in [3.05, 3.63) is 95.3 Å². The number of hydrogen-bond acceptors (Lipinski definition) is 3. The van der Waals surface area contributed by atoms with Crippen molar-refractivity contribution in [2.45, 2.75) is 28.8 Å². The van der Waals surface area contributed by atoms with Gasteiger partial charge in [-0.2, -0.15) is 13.2 Å². The number of nitrogens with one attached hydrogen (secondary N) is 2. The van der Waals surface area contributed by atoms with E-state index in [0.29, 0.717) is 12.0 Å². The first-order valence-corrected chi connectivity index (χ1v) is 10.9. The van der Waals surface area contributed by atoms with Crippen LogP contribution >= 0.6 is 11.8 Å². The molecule has 0 aliphatic carbocycles. The number of aromatic nitrogens is 2. The fourth-order valence-corrected chi connectivity index (χ4v) is 5.11. The van der Waals surface area contributed by atoms with Crippen LogP contribution in [0, 0.1) is 0 Å². The third-order valence-electron chi connectivity index (χ3n) is 5.47. The number of rotatable bonds is 4. The van der Waals surface area contributed by atoms with E-state index in [1.54, 1.807) is 18.2 Å². The molecule has 0 bridgehead atoms. The Kier molecular flexibility index (Phi) is 5.17. The summed E-state index contributed by atoms with van der Waals surface area (Å²) in [5.74, 6) is -1.15. The zero-order chi connectivity index (χ0) is 22.3. The maximum Gasteiger partial charge on any atom is 0.449 e. The lowest BCUT2D eigenvalue weighted by Crippen LogP contribution is -2.36. The molecular formula is C24H18F3N3OS. The zero-order valence-electron chi connectivity index (χ0n) is 16.7. The number of carbonyl (C=O) groups excluding carboxylic acids is 1. The van der Waals surface area contributed by atoms with E-state index < -0.39 is 18.0 Å². The predicted molar refractivity (Wildman–Crippen MR) is 117 cm³/mol. The van der Waals surface area contributed by atoms with Crippen LogP contribution in [0.5, 0.6) is 0 Å². The second kappa shape index (κ2) is 8.02. The Hall–Kier alpha value is -3.26. The van der Waals surface area contributed by atoms with Crippen LogP contribution in [-0.2, 0) is 17.4 Å². The first kappa shape index (κ1) is 20.6. The molecule has 162 valence electrons. The van der Waals surface area contributed by atoms with Gasteiger partial charge >= 0.3 is 6.18 Å². The molecule has 3 aromatic carbocycles. The lowest BCUT2D eigenvalue weighted by molar-refractivity contribution is -0.144. The van der Waals surface area contributed by atoms with Gasteiger partial charge in [0.05, 0.1) is 22.3 Å². The summed E-state index contributed by atoms with van der Waals surface area (Å²) < 4.78 is 39.2. The molecule has 1 aliphatic rings. The summed E-state index contributed by atoms with van der Waals surface area (Å²) in [7, 11) is 0. The number of thioether (sulfide) groups is 1. The number of carbonyl (C=O) groups is 1. The van der Waals surface area contributed by atoms with Crippen LogP contribution in [-0.4, -0.2) is 21.1 Å². The molecule has 0 unspecified atom stereocenters. The van der Waals surface area contributed by atoms with Crippen LogP contribution in [0.15, 0.2) is 77.7 Å². The highest BCUT2D eigenvalue weighted by Crippen LogP contribution is 2.37. The Morgan fingerprint density at radius 3 is 2.53 bits per heavy atom. The molecule has 4 nitrogen and oxygen atoms in total. The van der Waals surface area contributed by atoms with Crippen LogP contribution in [0.25, 0.3) is 11.0 Å². The number of nitrogens with zero attached hydrogens (tertiary/aromatic N) is 1. The molecule has 0 radical (unpaired) electrons. The second-order valence-electron chi connectivity index (χ2n) is 7.63. The summed E-state index contributed by atoms with van der Waals surface area (Å²) >= 11 is 1.53. The van der Waals surface area contributed by atoms with Gasteiger partial charge in [0.15, 0.2) is 0 Å². The maximum atomic E-state index is 13.2. The fourth-order valence-electron chi connectivity index (χ4n) is 3.91. The molecule has 0 fully saturated rings. The van der Waals surface area contributed by atoms with Crippen molar-refractivity contribution >= 4 is 28.7 Å². The third-order valence-corrected chi connectivity index (χ3v) is 6.78. The van der Waals surface area contributed by atoms with Gasteiger partial charge in [-0.05, 0) is 41.3 Å². The highest BCUT2D eigenvalue weighted by molar-refractivity contribution is 8.01. The Morgan fingerprint density at radius 2 is 1.78 bits per heavy atom.